The summed E-state index contributed by atoms with van der Waals surface area (Å²) in [6, 6.07) is 0.393. The topological polar surface area (TPSA) is 12.5 Å². The van der Waals surface area contributed by atoms with E-state index in [1.165, 1.54) is 0 Å². The fourth-order valence-electron chi connectivity index (χ4n) is 1.20. The van der Waals surface area contributed by atoms with Crippen molar-refractivity contribution >= 4 is 0 Å². The van der Waals surface area contributed by atoms with Crippen molar-refractivity contribution in [1.82, 2.24) is 4.90 Å². The van der Waals surface area contributed by atoms with Gasteiger partial charge in [-0.3, -0.25) is 4.90 Å². The van der Waals surface area contributed by atoms with Crippen LogP contribution in [0.25, 0.3) is 0 Å². The molecule has 1 aliphatic rings. The van der Waals surface area contributed by atoms with Gasteiger partial charge < -0.3 is 4.74 Å². The average molecular weight is 147 g/mol. The molecule has 2 nitrogen and oxygen atoms in total. The van der Waals surface area contributed by atoms with E-state index < -0.39 is 0 Å². The molecule has 1 fully saturated rings. The van der Waals surface area contributed by atoms with Crippen LogP contribution >= 0.6 is 0 Å². The standard InChI is InChI=1S/C7H14FNO/c1-7-6-10-5-4-9(7)3-2-8/h7H,2-6H2,1H3. The van der Waals surface area contributed by atoms with E-state index in [4.69, 9.17) is 4.74 Å². The van der Waals surface area contributed by atoms with Gasteiger partial charge in [-0.1, -0.05) is 0 Å². The molecule has 1 heterocycles. The Morgan fingerprint density at radius 2 is 2.50 bits per heavy atom. The maximum atomic E-state index is 11.9. The highest BCUT2D eigenvalue weighted by molar-refractivity contribution is 4.69. The Morgan fingerprint density at radius 3 is 3.10 bits per heavy atom. The van der Waals surface area contributed by atoms with Gasteiger partial charge in [-0.05, 0) is 6.92 Å². The molecular formula is C7H14FNO. The molecule has 0 aromatic heterocycles. The molecule has 0 aromatic carbocycles. The van der Waals surface area contributed by atoms with E-state index in [-0.39, 0.29) is 6.67 Å². The van der Waals surface area contributed by atoms with Crippen LogP contribution in [0.2, 0.25) is 0 Å². The summed E-state index contributed by atoms with van der Waals surface area (Å²) < 4.78 is 17.1. The van der Waals surface area contributed by atoms with Crippen molar-refractivity contribution in [3.63, 3.8) is 0 Å². The molecule has 0 aromatic rings. The van der Waals surface area contributed by atoms with Crippen molar-refractivity contribution in [2.45, 2.75) is 13.0 Å². The summed E-state index contributed by atoms with van der Waals surface area (Å²) in [6.45, 7) is 4.76. The Hall–Kier alpha value is -0.150. The molecule has 1 rings (SSSR count). The Balaban J connectivity index is 2.25. The van der Waals surface area contributed by atoms with Gasteiger partial charge in [-0.2, -0.15) is 0 Å². The van der Waals surface area contributed by atoms with E-state index >= 15 is 0 Å². The minimum Gasteiger partial charge on any atom is -0.379 e. The van der Waals surface area contributed by atoms with Crippen molar-refractivity contribution < 1.29 is 9.13 Å². The molecule has 1 saturated heterocycles. The molecule has 0 aliphatic carbocycles. The van der Waals surface area contributed by atoms with Crippen LogP contribution in [-0.4, -0.2) is 43.9 Å². The van der Waals surface area contributed by atoms with Crippen LogP contribution in [0.4, 0.5) is 4.39 Å². The fraction of sp³-hybridized carbons (Fsp3) is 1.00. The Kier molecular flexibility index (Phi) is 3.09. The zero-order valence-corrected chi connectivity index (χ0v) is 6.35. The highest BCUT2D eigenvalue weighted by Gasteiger charge is 2.17. The highest BCUT2D eigenvalue weighted by atomic mass is 19.1. The van der Waals surface area contributed by atoms with Crippen molar-refractivity contribution in [1.29, 1.82) is 0 Å². The third kappa shape index (κ3) is 1.92. The summed E-state index contributed by atoms with van der Waals surface area (Å²) in [5.41, 5.74) is 0. The second kappa shape index (κ2) is 3.88. The molecule has 60 valence electrons. The molecule has 0 radical (unpaired) electrons. The van der Waals surface area contributed by atoms with Gasteiger partial charge in [-0.25, -0.2) is 4.39 Å². The van der Waals surface area contributed by atoms with E-state index in [0.717, 1.165) is 19.8 Å². The molecule has 0 spiro atoms. The summed E-state index contributed by atoms with van der Waals surface area (Å²) in [5.74, 6) is 0. The summed E-state index contributed by atoms with van der Waals surface area (Å²) in [4.78, 5) is 2.11. The van der Waals surface area contributed by atoms with Crippen LogP contribution < -0.4 is 0 Å². The molecule has 0 saturated carbocycles. The van der Waals surface area contributed by atoms with E-state index in [1.807, 2.05) is 0 Å². The first-order valence-corrected chi connectivity index (χ1v) is 3.72. The zero-order valence-electron chi connectivity index (χ0n) is 6.35. The predicted octanol–water partition coefficient (Wildman–Crippen LogP) is 0.677. The Bertz CT molecular complexity index is 97.6. The summed E-state index contributed by atoms with van der Waals surface area (Å²) in [6.07, 6.45) is 0. The average Bonchev–Trinajstić information content (AvgIpc) is 1.94. The van der Waals surface area contributed by atoms with E-state index in [9.17, 15) is 4.39 Å². The molecule has 0 N–H and O–H groups in total. The monoisotopic (exact) mass is 147 g/mol. The van der Waals surface area contributed by atoms with E-state index in [1.54, 1.807) is 0 Å². The van der Waals surface area contributed by atoms with Gasteiger partial charge in [0.15, 0.2) is 0 Å². The number of rotatable bonds is 2. The summed E-state index contributed by atoms with van der Waals surface area (Å²) in [7, 11) is 0. The van der Waals surface area contributed by atoms with E-state index in [2.05, 4.69) is 11.8 Å². The summed E-state index contributed by atoms with van der Waals surface area (Å²) in [5, 5.41) is 0. The van der Waals surface area contributed by atoms with Crippen LogP contribution in [0.1, 0.15) is 6.92 Å². The number of alkyl halides is 1. The van der Waals surface area contributed by atoms with Crippen molar-refractivity contribution in [2.24, 2.45) is 0 Å². The largest absolute Gasteiger partial charge is 0.379 e. The smallest absolute Gasteiger partial charge is 0.102 e. The van der Waals surface area contributed by atoms with Crippen LogP contribution in [0.5, 0.6) is 0 Å². The lowest BCUT2D eigenvalue weighted by atomic mass is 10.2. The van der Waals surface area contributed by atoms with Gasteiger partial charge in [0.2, 0.25) is 0 Å². The highest BCUT2D eigenvalue weighted by Crippen LogP contribution is 2.04. The van der Waals surface area contributed by atoms with Crippen LogP contribution in [0.15, 0.2) is 0 Å². The fourth-order valence-corrected chi connectivity index (χ4v) is 1.20. The number of morpholine rings is 1. The van der Waals surface area contributed by atoms with Crippen LogP contribution in [-0.2, 0) is 4.74 Å². The predicted molar refractivity (Wildman–Crippen MR) is 37.8 cm³/mol. The third-order valence-corrected chi connectivity index (χ3v) is 1.88. The van der Waals surface area contributed by atoms with Crippen molar-refractivity contribution in [2.75, 3.05) is 33.0 Å². The SMILES string of the molecule is CC1COCCN1CCF. The maximum Gasteiger partial charge on any atom is 0.102 e. The lowest BCUT2D eigenvalue weighted by molar-refractivity contribution is -0.00240. The maximum absolute atomic E-state index is 11.9. The second-order valence-corrected chi connectivity index (χ2v) is 2.65. The Labute approximate surface area is 61.0 Å². The quantitative estimate of drug-likeness (QED) is 0.569. The number of halogens is 1. The second-order valence-electron chi connectivity index (χ2n) is 2.65. The Morgan fingerprint density at radius 1 is 1.70 bits per heavy atom. The third-order valence-electron chi connectivity index (χ3n) is 1.88. The van der Waals surface area contributed by atoms with Crippen LogP contribution in [0.3, 0.4) is 0 Å². The molecule has 1 atom stereocenters. The normalized spacial score (nSPS) is 28.8. The molecule has 1 aliphatic heterocycles. The lowest BCUT2D eigenvalue weighted by Gasteiger charge is -2.32. The van der Waals surface area contributed by atoms with Crippen molar-refractivity contribution in [3.05, 3.63) is 0 Å². The summed E-state index contributed by atoms with van der Waals surface area (Å²) >= 11 is 0. The van der Waals surface area contributed by atoms with E-state index in [0.29, 0.717) is 12.6 Å². The molecule has 0 amide bonds. The first kappa shape index (κ1) is 7.95. The number of nitrogens with zero attached hydrogens (tertiary/aromatic N) is 1. The van der Waals surface area contributed by atoms with Gasteiger partial charge in [0.1, 0.15) is 6.67 Å². The first-order chi connectivity index (χ1) is 4.84. The number of hydrogen-bond donors (Lipinski definition) is 0. The molecule has 3 heteroatoms. The molecule has 0 bridgehead atoms. The molecule has 1 unspecified atom stereocenters. The molecule has 10 heavy (non-hydrogen) atoms. The molecular weight excluding hydrogens is 133 g/mol. The minimum atomic E-state index is -0.246. The first-order valence-electron chi connectivity index (χ1n) is 3.72. The van der Waals surface area contributed by atoms with Gasteiger partial charge in [0, 0.05) is 19.1 Å². The lowest BCUT2D eigenvalue weighted by Crippen LogP contribution is -2.44. The number of hydrogen-bond acceptors (Lipinski definition) is 2. The van der Waals surface area contributed by atoms with Gasteiger partial charge in [-0.15, -0.1) is 0 Å². The number of ether oxygens (including phenoxy) is 1. The van der Waals surface area contributed by atoms with Gasteiger partial charge >= 0.3 is 0 Å². The van der Waals surface area contributed by atoms with Gasteiger partial charge in [0.25, 0.3) is 0 Å². The van der Waals surface area contributed by atoms with Crippen molar-refractivity contribution in [3.8, 4) is 0 Å². The minimum absolute atomic E-state index is 0.246. The van der Waals surface area contributed by atoms with Gasteiger partial charge in [0.05, 0.1) is 13.2 Å². The zero-order chi connectivity index (χ0) is 7.40. The van der Waals surface area contributed by atoms with Crippen LogP contribution in [0, 0.1) is 0 Å².